The Labute approximate surface area is 152 Å². The standard InChI is InChI=1S/C19H13N3O3S/c1-22-11-20-15-8-7-13(9-14(15)18(22)23)25-19(24)16-10-26-17(21-16)12-5-3-2-4-6-12/h2-11H,1H3. The fourth-order valence-corrected chi connectivity index (χ4v) is 3.29. The number of aromatic nitrogens is 3. The zero-order valence-electron chi connectivity index (χ0n) is 13.7. The van der Waals surface area contributed by atoms with Crippen LogP contribution in [0.1, 0.15) is 10.5 Å². The van der Waals surface area contributed by atoms with Gasteiger partial charge in [0.1, 0.15) is 10.8 Å². The fraction of sp³-hybridized carbons (Fsp3) is 0.0526. The van der Waals surface area contributed by atoms with E-state index in [2.05, 4.69) is 9.97 Å². The molecule has 2 aromatic heterocycles. The van der Waals surface area contributed by atoms with Crippen molar-refractivity contribution in [3.05, 3.63) is 76.3 Å². The Kier molecular flexibility index (Phi) is 4.06. The molecule has 0 saturated heterocycles. The maximum absolute atomic E-state index is 12.4. The lowest BCUT2D eigenvalue weighted by atomic mass is 10.2. The zero-order chi connectivity index (χ0) is 18.1. The third-order valence-corrected chi connectivity index (χ3v) is 4.72. The van der Waals surface area contributed by atoms with Crippen molar-refractivity contribution < 1.29 is 9.53 Å². The van der Waals surface area contributed by atoms with Crippen LogP contribution in [0.3, 0.4) is 0 Å². The number of ether oxygens (including phenoxy) is 1. The van der Waals surface area contributed by atoms with Gasteiger partial charge in [0.2, 0.25) is 0 Å². The minimum atomic E-state index is -0.566. The van der Waals surface area contributed by atoms with Crippen LogP contribution in [0, 0.1) is 0 Å². The summed E-state index contributed by atoms with van der Waals surface area (Å²) in [4.78, 5) is 33.0. The second kappa shape index (κ2) is 6.53. The zero-order valence-corrected chi connectivity index (χ0v) is 14.6. The van der Waals surface area contributed by atoms with Gasteiger partial charge in [0.25, 0.3) is 5.56 Å². The first-order valence-corrected chi connectivity index (χ1v) is 8.68. The number of carbonyl (C=O) groups is 1. The van der Waals surface area contributed by atoms with E-state index in [4.69, 9.17) is 4.74 Å². The lowest BCUT2D eigenvalue weighted by molar-refractivity contribution is 0.0730. The van der Waals surface area contributed by atoms with Crippen LogP contribution < -0.4 is 10.3 Å². The highest BCUT2D eigenvalue weighted by atomic mass is 32.1. The Morgan fingerprint density at radius 1 is 1.15 bits per heavy atom. The molecule has 4 aromatic rings. The Morgan fingerprint density at radius 2 is 1.96 bits per heavy atom. The maximum Gasteiger partial charge on any atom is 0.363 e. The lowest BCUT2D eigenvalue weighted by Gasteiger charge is -2.04. The van der Waals surface area contributed by atoms with Crippen LogP contribution in [-0.4, -0.2) is 20.5 Å². The molecular formula is C19H13N3O3S. The second-order valence-electron chi connectivity index (χ2n) is 5.63. The first-order chi connectivity index (χ1) is 12.6. The third kappa shape index (κ3) is 3.00. The summed E-state index contributed by atoms with van der Waals surface area (Å²) in [5.74, 6) is -0.287. The molecule has 0 aliphatic heterocycles. The molecule has 0 radical (unpaired) electrons. The molecule has 0 atom stereocenters. The van der Waals surface area contributed by atoms with Crippen LogP contribution in [0.2, 0.25) is 0 Å². The van der Waals surface area contributed by atoms with E-state index in [0.717, 1.165) is 10.6 Å². The van der Waals surface area contributed by atoms with Gasteiger partial charge in [-0.25, -0.2) is 14.8 Å². The quantitative estimate of drug-likeness (QED) is 0.412. The molecule has 6 nitrogen and oxygen atoms in total. The summed E-state index contributed by atoms with van der Waals surface area (Å²) in [6.07, 6.45) is 1.46. The molecule has 0 bridgehead atoms. The minimum absolute atomic E-state index is 0.201. The average Bonchev–Trinajstić information content (AvgIpc) is 3.16. The van der Waals surface area contributed by atoms with Crippen LogP contribution in [-0.2, 0) is 7.05 Å². The number of hydrogen-bond acceptors (Lipinski definition) is 6. The van der Waals surface area contributed by atoms with Crippen LogP contribution in [0.4, 0.5) is 0 Å². The van der Waals surface area contributed by atoms with Crippen molar-refractivity contribution >= 4 is 28.2 Å². The van der Waals surface area contributed by atoms with E-state index in [-0.39, 0.29) is 17.0 Å². The summed E-state index contributed by atoms with van der Waals surface area (Å²) in [7, 11) is 1.62. The topological polar surface area (TPSA) is 74.1 Å². The van der Waals surface area contributed by atoms with Crippen molar-refractivity contribution in [1.82, 2.24) is 14.5 Å². The van der Waals surface area contributed by atoms with Gasteiger partial charge in [-0.3, -0.25) is 4.79 Å². The monoisotopic (exact) mass is 363 g/mol. The summed E-state index contributed by atoms with van der Waals surface area (Å²) in [6, 6.07) is 14.4. The number of carbonyl (C=O) groups excluding carboxylic acids is 1. The molecule has 2 heterocycles. The van der Waals surface area contributed by atoms with Crippen molar-refractivity contribution in [1.29, 1.82) is 0 Å². The fourth-order valence-electron chi connectivity index (χ4n) is 2.49. The first kappa shape index (κ1) is 16.2. The highest BCUT2D eigenvalue weighted by Gasteiger charge is 2.15. The number of rotatable bonds is 3. The van der Waals surface area contributed by atoms with E-state index >= 15 is 0 Å². The number of benzene rings is 2. The maximum atomic E-state index is 12.4. The summed E-state index contributed by atoms with van der Waals surface area (Å²) in [5, 5.41) is 2.80. The smallest absolute Gasteiger partial charge is 0.363 e. The predicted molar refractivity (Wildman–Crippen MR) is 99.5 cm³/mol. The van der Waals surface area contributed by atoms with Crippen LogP contribution >= 0.6 is 11.3 Å². The van der Waals surface area contributed by atoms with Crippen LogP contribution in [0.25, 0.3) is 21.5 Å². The second-order valence-corrected chi connectivity index (χ2v) is 6.49. The molecule has 0 spiro atoms. The Balaban J connectivity index is 1.61. The minimum Gasteiger partial charge on any atom is -0.422 e. The molecule has 128 valence electrons. The van der Waals surface area contributed by atoms with Crippen molar-refractivity contribution in [2.75, 3.05) is 0 Å². The SMILES string of the molecule is Cn1cnc2ccc(OC(=O)c3csc(-c4ccccc4)n3)cc2c1=O. The average molecular weight is 363 g/mol. The number of hydrogen-bond donors (Lipinski definition) is 0. The Morgan fingerprint density at radius 3 is 2.77 bits per heavy atom. The molecule has 2 aromatic carbocycles. The number of esters is 1. The van der Waals surface area contributed by atoms with Gasteiger partial charge < -0.3 is 9.30 Å². The van der Waals surface area contributed by atoms with Gasteiger partial charge in [0.05, 0.1) is 17.2 Å². The van der Waals surface area contributed by atoms with Gasteiger partial charge in [0, 0.05) is 18.0 Å². The molecular weight excluding hydrogens is 350 g/mol. The van der Waals surface area contributed by atoms with E-state index < -0.39 is 5.97 Å². The Hall–Kier alpha value is -3.32. The van der Waals surface area contributed by atoms with Gasteiger partial charge in [-0.2, -0.15) is 0 Å². The largest absolute Gasteiger partial charge is 0.422 e. The van der Waals surface area contributed by atoms with Gasteiger partial charge in [-0.05, 0) is 18.2 Å². The Bertz CT molecular complexity index is 1170. The molecule has 4 rings (SSSR count). The van der Waals surface area contributed by atoms with E-state index in [1.54, 1.807) is 24.6 Å². The van der Waals surface area contributed by atoms with E-state index in [0.29, 0.717) is 10.9 Å². The van der Waals surface area contributed by atoms with Crippen LogP contribution in [0.15, 0.2) is 65.0 Å². The number of fused-ring (bicyclic) bond motifs is 1. The normalized spacial score (nSPS) is 10.8. The molecule has 0 amide bonds. The molecule has 0 fully saturated rings. The van der Waals surface area contributed by atoms with Gasteiger partial charge in [-0.1, -0.05) is 30.3 Å². The molecule has 0 unspecified atom stereocenters. The van der Waals surface area contributed by atoms with E-state index in [9.17, 15) is 9.59 Å². The molecule has 0 N–H and O–H groups in total. The van der Waals surface area contributed by atoms with Crippen LogP contribution in [0.5, 0.6) is 5.75 Å². The van der Waals surface area contributed by atoms with Crippen molar-refractivity contribution in [2.24, 2.45) is 7.05 Å². The summed E-state index contributed by atoms with van der Waals surface area (Å²) < 4.78 is 6.76. The van der Waals surface area contributed by atoms with Gasteiger partial charge >= 0.3 is 5.97 Å². The van der Waals surface area contributed by atoms with E-state index in [1.807, 2.05) is 30.3 Å². The van der Waals surface area contributed by atoms with Gasteiger partial charge in [0.15, 0.2) is 5.69 Å². The first-order valence-electron chi connectivity index (χ1n) is 7.80. The molecule has 7 heteroatoms. The summed E-state index contributed by atoms with van der Waals surface area (Å²) in [5.41, 5.74) is 1.52. The molecule has 0 aliphatic carbocycles. The number of aryl methyl sites for hydroxylation is 1. The van der Waals surface area contributed by atoms with E-state index in [1.165, 1.54) is 28.3 Å². The summed E-state index contributed by atoms with van der Waals surface area (Å²) >= 11 is 1.37. The van der Waals surface area contributed by atoms with Crippen molar-refractivity contribution in [3.63, 3.8) is 0 Å². The lowest BCUT2D eigenvalue weighted by Crippen LogP contribution is -2.17. The number of nitrogens with zero attached hydrogens (tertiary/aromatic N) is 3. The highest BCUT2D eigenvalue weighted by molar-refractivity contribution is 7.13. The molecule has 26 heavy (non-hydrogen) atoms. The van der Waals surface area contributed by atoms with Gasteiger partial charge in [-0.15, -0.1) is 11.3 Å². The summed E-state index contributed by atoms with van der Waals surface area (Å²) in [6.45, 7) is 0. The third-order valence-electron chi connectivity index (χ3n) is 3.83. The number of thiazole rings is 1. The molecule has 0 saturated carbocycles. The van der Waals surface area contributed by atoms with Crippen molar-refractivity contribution in [2.45, 2.75) is 0 Å². The molecule has 0 aliphatic rings. The van der Waals surface area contributed by atoms with Crippen molar-refractivity contribution in [3.8, 4) is 16.3 Å². The predicted octanol–water partition coefficient (Wildman–Crippen LogP) is 3.28. The highest BCUT2D eigenvalue weighted by Crippen LogP contribution is 2.24.